The van der Waals surface area contributed by atoms with Gasteiger partial charge in [-0.25, -0.2) is 14.3 Å². The van der Waals surface area contributed by atoms with E-state index in [1.807, 2.05) is 45.2 Å². The second-order valence-corrected chi connectivity index (χ2v) is 9.70. The summed E-state index contributed by atoms with van der Waals surface area (Å²) >= 11 is 1.50. The van der Waals surface area contributed by atoms with Crippen molar-refractivity contribution in [1.82, 2.24) is 19.5 Å². The first kappa shape index (κ1) is 21.1. The number of ether oxygens (including phenoxy) is 1. The van der Waals surface area contributed by atoms with E-state index in [0.717, 1.165) is 40.7 Å². The van der Waals surface area contributed by atoms with E-state index in [-0.39, 0.29) is 6.09 Å². The average molecular weight is 439 g/mol. The smallest absolute Gasteiger partial charge is 0.410 e. The van der Waals surface area contributed by atoms with Crippen molar-refractivity contribution in [1.29, 1.82) is 5.26 Å². The SMILES string of the molecule is CC(C)(C)OC(=O)N1CCC(CNc2nn3cc(-c4cccc(C#N)c4)nc3s2)CC1. The van der Waals surface area contributed by atoms with E-state index in [4.69, 9.17) is 10.00 Å². The minimum atomic E-state index is -0.462. The van der Waals surface area contributed by atoms with Gasteiger partial charge >= 0.3 is 6.09 Å². The van der Waals surface area contributed by atoms with Crippen molar-refractivity contribution >= 4 is 27.5 Å². The van der Waals surface area contributed by atoms with E-state index in [2.05, 4.69) is 21.5 Å². The van der Waals surface area contributed by atoms with Gasteiger partial charge in [-0.15, -0.1) is 5.10 Å². The maximum atomic E-state index is 12.2. The summed E-state index contributed by atoms with van der Waals surface area (Å²) in [5.41, 5.74) is 1.86. The number of benzene rings is 1. The predicted octanol–water partition coefficient (Wildman–Crippen LogP) is 4.39. The van der Waals surface area contributed by atoms with Crippen molar-refractivity contribution in [3.8, 4) is 17.3 Å². The van der Waals surface area contributed by atoms with Gasteiger partial charge in [0.15, 0.2) is 0 Å². The Morgan fingerprint density at radius 2 is 2.13 bits per heavy atom. The van der Waals surface area contributed by atoms with Gasteiger partial charge in [0.1, 0.15) is 5.60 Å². The fourth-order valence-corrected chi connectivity index (χ4v) is 4.32. The Labute approximate surface area is 185 Å². The molecule has 1 amide bonds. The van der Waals surface area contributed by atoms with Crippen molar-refractivity contribution in [2.45, 2.75) is 39.2 Å². The lowest BCUT2D eigenvalue weighted by atomic mass is 9.97. The molecule has 3 heterocycles. The quantitative estimate of drug-likeness (QED) is 0.649. The largest absolute Gasteiger partial charge is 0.444 e. The molecular weight excluding hydrogens is 412 g/mol. The number of nitrogens with zero attached hydrogens (tertiary/aromatic N) is 5. The van der Waals surface area contributed by atoms with Gasteiger partial charge in [0.25, 0.3) is 0 Å². The number of imidazole rings is 1. The number of carbonyl (C=O) groups excluding carboxylic acids is 1. The van der Waals surface area contributed by atoms with E-state index in [1.165, 1.54) is 11.3 Å². The first-order chi connectivity index (χ1) is 14.8. The number of amides is 1. The Morgan fingerprint density at radius 3 is 2.81 bits per heavy atom. The first-order valence-corrected chi connectivity index (χ1v) is 11.2. The van der Waals surface area contributed by atoms with Gasteiger partial charge in [-0.3, -0.25) is 0 Å². The lowest BCUT2D eigenvalue weighted by molar-refractivity contribution is 0.0188. The second kappa shape index (κ2) is 8.55. The molecule has 1 aliphatic heterocycles. The van der Waals surface area contributed by atoms with Crippen molar-refractivity contribution in [2.75, 3.05) is 25.0 Å². The predicted molar refractivity (Wildman–Crippen MR) is 120 cm³/mol. The topological polar surface area (TPSA) is 95.5 Å². The molecule has 9 heteroatoms. The molecule has 1 saturated heterocycles. The van der Waals surface area contributed by atoms with Gasteiger partial charge in [-0.1, -0.05) is 23.5 Å². The molecule has 0 bridgehead atoms. The normalized spacial score (nSPS) is 15.1. The Hall–Kier alpha value is -3.12. The molecule has 162 valence electrons. The highest BCUT2D eigenvalue weighted by molar-refractivity contribution is 7.20. The van der Waals surface area contributed by atoms with Crippen molar-refractivity contribution in [3.63, 3.8) is 0 Å². The standard InChI is InChI=1S/C22H26N6O2S/c1-22(2,3)30-21(29)27-9-7-15(8-10-27)13-24-19-26-28-14-18(25-20(28)31-19)17-6-4-5-16(11-17)12-23/h4-6,11,14-15H,7-10,13H2,1-3H3,(H,24,26). The highest BCUT2D eigenvalue weighted by Crippen LogP contribution is 2.26. The fourth-order valence-electron chi connectivity index (χ4n) is 3.54. The number of rotatable bonds is 4. The van der Waals surface area contributed by atoms with Crippen LogP contribution in [0.15, 0.2) is 30.5 Å². The molecule has 0 unspecified atom stereocenters. The maximum absolute atomic E-state index is 12.2. The molecule has 3 aromatic rings. The van der Waals surface area contributed by atoms with E-state index < -0.39 is 5.60 Å². The third-order valence-electron chi connectivity index (χ3n) is 5.14. The first-order valence-electron chi connectivity index (χ1n) is 10.4. The Morgan fingerprint density at radius 1 is 1.35 bits per heavy atom. The monoisotopic (exact) mass is 438 g/mol. The summed E-state index contributed by atoms with van der Waals surface area (Å²) < 4.78 is 7.23. The van der Waals surface area contributed by atoms with Crippen molar-refractivity contribution in [2.24, 2.45) is 5.92 Å². The highest BCUT2D eigenvalue weighted by atomic mass is 32.1. The summed E-state index contributed by atoms with van der Waals surface area (Å²) in [5, 5.41) is 17.9. The number of fused-ring (bicyclic) bond motifs is 1. The van der Waals surface area contributed by atoms with Crippen LogP contribution in [0.3, 0.4) is 0 Å². The molecule has 8 nitrogen and oxygen atoms in total. The summed E-state index contributed by atoms with van der Waals surface area (Å²) in [6, 6.07) is 9.56. The van der Waals surface area contributed by atoms with Crippen LogP contribution in [0.2, 0.25) is 0 Å². The lowest BCUT2D eigenvalue weighted by Crippen LogP contribution is -2.42. The third-order valence-corrected chi connectivity index (χ3v) is 6.02. The van der Waals surface area contributed by atoms with Crippen molar-refractivity contribution in [3.05, 3.63) is 36.0 Å². The second-order valence-electron chi connectivity index (χ2n) is 8.74. The molecule has 1 fully saturated rings. The zero-order chi connectivity index (χ0) is 22.0. The van der Waals surface area contributed by atoms with Gasteiger partial charge in [0.05, 0.1) is 23.5 Å². The number of anilines is 1. The average Bonchev–Trinajstić information content (AvgIpc) is 3.30. The minimum absolute atomic E-state index is 0.226. The zero-order valence-corrected chi connectivity index (χ0v) is 18.8. The van der Waals surface area contributed by atoms with Gasteiger partial charge in [0, 0.05) is 25.2 Å². The fraction of sp³-hybridized carbons (Fsp3) is 0.455. The van der Waals surface area contributed by atoms with E-state index in [9.17, 15) is 4.79 Å². The number of hydrogen-bond donors (Lipinski definition) is 1. The molecule has 2 aromatic heterocycles. The molecular formula is C22H26N6O2S. The van der Waals surface area contributed by atoms with Gasteiger partial charge in [-0.2, -0.15) is 5.26 Å². The van der Waals surface area contributed by atoms with Crippen LogP contribution in [0.5, 0.6) is 0 Å². The maximum Gasteiger partial charge on any atom is 0.410 e. The third kappa shape index (κ3) is 5.14. The van der Waals surface area contributed by atoms with Crippen LogP contribution in [0, 0.1) is 17.2 Å². The molecule has 1 N–H and O–H groups in total. The number of likely N-dealkylation sites (tertiary alicyclic amines) is 1. The lowest BCUT2D eigenvalue weighted by Gasteiger charge is -2.33. The molecule has 1 aliphatic rings. The number of piperidine rings is 1. The van der Waals surface area contributed by atoms with Gasteiger partial charge in [-0.05, 0) is 51.7 Å². The van der Waals surface area contributed by atoms with Crippen LogP contribution in [-0.4, -0.2) is 50.8 Å². The number of carbonyl (C=O) groups is 1. The Kier molecular flexibility index (Phi) is 5.83. The van der Waals surface area contributed by atoms with E-state index in [0.29, 0.717) is 24.6 Å². The van der Waals surface area contributed by atoms with Gasteiger partial charge < -0.3 is 15.0 Å². The molecule has 0 radical (unpaired) electrons. The zero-order valence-electron chi connectivity index (χ0n) is 18.0. The summed E-state index contributed by atoms with van der Waals surface area (Å²) in [6.07, 6.45) is 3.53. The molecule has 0 aliphatic carbocycles. The summed E-state index contributed by atoms with van der Waals surface area (Å²) in [4.78, 5) is 19.4. The van der Waals surface area contributed by atoms with Crippen LogP contribution in [0.4, 0.5) is 9.93 Å². The molecule has 0 spiro atoms. The number of nitrogens with one attached hydrogen (secondary N) is 1. The molecule has 0 atom stereocenters. The summed E-state index contributed by atoms with van der Waals surface area (Å²) in [5.74, 6) is 0.485. The molecule has 0 saturated carbocycles. The van der Waals surface area contributed by atoms with Crippen LogP contribution in [-0.2, 0) is 4.74 Å². The van der Waals surface area contributed by atoms with Crippen molar-refractivity contribution < 1.29 is 9.53 Å². The summed E-state index contributed by atoms with van der Waals surface area (Å²) in [7, 11) is 0. The Bertz CT molecular complexity index is 1080. The molecule has 31 heavy (non-hydrogen) atoms. The minimum Gasteiger partial charge on any atom is -0.444 e. The molecule has 4 rings (SSSR count). The number of aromatic nitrogens is 3. The number of nitriles is 1. The number of hydrogen-bond acceptors (Lipinski definition) is 7. The molecule has 1 aromatic carbocycles. The highest BCUT2D eigenvalue weighted by Gasteiger charge is 2.26. The van der Waals surface area contributed by atoms with Crippen LogP contribution < -0.4 is 5.32 Å². The van der Waals surface area contributed by atoms with Gasteiger partial charge in [0.2, 0.25) is 10.1 Å². The van der Waals surface area contributed by atoms with Crippen LogP contribution in [0.1, 0.15) is 39.2 Å². The summed E-state index contributed by atoms with van der Waals surface area (Å²) in [6.45, 7) is 7.91. The van der Waals surface area contributed by atoms with E-state index >= 15 is 0 Å². The van der Waals surface area contributed by atoms with Crippen LogP contribution in [0.25, 0.3) is 16.2 Å². The van der Waals surface area contributed by atoms with Crippen LogP contribution >= 0.6 is 11.3 Å². The Balaban J connectivity index is 1.31. The van der Waals surface area contributed by atoms with E-state index in [1.54, 1.807) is 15.5 Å².